The Balaban J connectivity index is 1.67. The first kappa shape index (κ1) is 17.8. The van der Waals surface area contributed by atoms with Crippen LogP contribution >= 0.6 is 0 Å². The number of ether oxygens (including phenoxy) is 1. The Hall–Kier alpha value is -3.60. The first-order valence-corrected chi connectivity index (χ1v) is 9.07. The largest absolute Gasteiger partial charge is 0.496 e. The van der Waals surface area contributed by atoms with Crippen LogP contribution in [0, 0.1) is 13.8 Å². The lowest BCUT2D eigenvalue weighted by Crippen LogP contribution is -2.13. The summed E-state index contributed by atoms with van der Waals surface area (Å²) in [6, 6.07) is 21.0. The van der Waals surface area contributed by atoms with E-state index < -0.39 is 0 Å². The van der Waals surface area contributed by atoms with Crippen LogP contribution in [-0.4, -0.2) is 22.8 Å². The molecule has 0 saturated carbocycles. The van der Waals surface area contributed by atoms with Gasteiger partial charge in [0, 0.05) is 22.3 Å². The Labute approximate surface area is 163 Å². The number of carbonyl (C=O) groups excluding carboxylic acids is 1. The maximum atomic E-state index is 13.0. The van der Waals surface area contributed by atoms with Gasteiger partial charge in [0.05, 0.1) is 18.5 Å². The molecular formula is C23H21N3O2. The second-order valence-corrected chi connectivity index (χ2v) is 6.70. The van der Waals surface area contributed by atoms with E-state index >= 15 is 0 Å². The minimum Gasteiger partial charge on any atom is -0.496 e. The Morgan fingerprint density at radius 3 is 2.46 bits per heavy atom. The zero-order valence-corrected chi connectivity index (χ0v) is 16.1. The maximum absolute atomic E-state index is 13.0. The van der Waals surface area contributed by atoms with E-state index in [0.29, 0.717) is 5.56 Å². The van der Waals surface area contributed by atoms with Gasteiger partial charge in [0.25, 0.3) is 5.91 Å². The average molecular weight is 371 g/mol. The first-order valence-electron chi connectivity index (χ1n) is 9.07. The number of aromatic nitrogens is 2. The number of anilines is 1. The number of methoxy groups -OCH3 is 1. The van der Waals surface area contributed by atoms with Crippen LogP contribution in [-0.2, 0) is 0 Å². The van der Waals surface area contributed by atoms with Gasteiger partial charge in [-0.05, 0) is 55.6 Å². The van der Waals surface area contributed by atoms with Gasteiger partial charge in [-0.3, -0.25) is 4.79 Å². The maximum Gasteiger partial charge on any atom is 0.256 e. The van der Waals surface area contributed by atoms with Gasteiger partial charge in [0.1, 0.15) is 5.75 Å². The highest BCUT2D eigenvalue weighted by Crippen LogP contribution is 2.29. The molecule has 4 rings (SSSR count). The normalized spacial score (nSPS) is 10.8. The molecular weight excluding hydrogens is 350 g/mol. The summed E-state index contributed by atoms with van der Waals surface area (Å²) in [6.07, 6.45) is 0. The van der Waals surface area contributed by atoms with E-state index in [1.54, 1.807) is 13.2 Å². The van der Waals surface area contributed by atoms with Gasteiger partial charge in [-0.25, -0.2) is 4.68 Å². The molecule has 0 unspecified atom stereocenters. The number of rotatable bonds is 4. The summed E-state index contributed by atoms with van der Waals surface area (Å²) >= 11 is 0. The number of hydrogen-bond acceptors (Lipinski definition) is 3. The molecule has 1 N–H and O–H groups in total. The molecule has 0 fully saturated rings. The Morgan fingerprint density at radius 1 is 0.964 bits per heavy atom. The van der Waals surface area contributed by atoms with Crippen molar-refractivity contribution < 1.29 is 9.53 Å². The van der Waals surface area contributed by atoms with E-state index in [9.17, 15) is 4.79 Å². The van der Waals surface area contributed by atoms with Crippen LogP contribution in [0.4, 0.5) is 5.69 Å². The zero-order valence-electron chi connectivity index (χ0n) is 16.1. The third-order valence-corrected chi connectivity index (χ3v) is 4.71. The van der Waals surface area contributed by atoms with Crippen molar-refractivity contribution in [3.8, 4) is 11.4 Å². The second kappa shape index (κ2) is 7.19. The fourth-order valence-electron chi connectivity index (χ4n) is 3.45. The lowest BCUT2D eigenvalue weighted by Gasteiger charge is -2.12. The molecule has 0 aliphatic carbocycles. The summed E-state index contributed by atoms with van der Waals surface area (Å²) in [6.45, 7) is 3.97. The standard InChI is InChI=1S/C23H21N3O2/c1-15-13-16(2)26(25-15)18-8-6-7-17(14-18)24-23(27)21-11-12-22(28-3)20-10-5-4-9-19(20)21/h4-14H,1-3H3,(H,24,27). The molecule has 0 saturated heterocycles. The lowest BCUT2D eigenvalue weighted by molar-refractivity contribution is 0.102. The second-order valence-electron chi connectivity index (χ2n) is 6.70. The van der Waals surface area contributed by atoms with Crippen molar-refractivity contribution in [3.63, 3.8) is 0 Å². The van der Waals surface area contributed by atoms with E-state index in [1.165, 1.54) is 0 Å². The average Bonchev–Trinajstić information content (AvgIpc) is 3.05. The van der Waals surface area contributed by atoms with Crippen LogP contribution in [0.1, 0.15) is 21.7 Å². The number of amides is 1. The molecule has 0 bridgehead atoms. The molecule has 0 aliphatic heterocycles. The number of hydrogen-bond donors (Lipinski definition) is 1. The lowest BCUT2D eigenvalue weighted by atomic mass is 10.0. The molecule has 0 atom stereocenters. The van der Waals surface area contributed by atoms with Crippen molar-refractivity contribution in [3.05, 3.63) is 83.7 Å². The summed E-state index contributed by atoms with van der Waals surface area (Å²) in [5, 5.41) is 9.28. The van der Waals surface area contributed by atoms with Crippen molar-refractivity contribution in [2.75, 3.05) is 12.4 Å². The number of nitrogens with zero attached hydrogens (tertiary/aromatic N) is 2. The predicted octanol–water partition coefficient (Wildman–Crippen LogP) is 4.90. The van der Waals surface area contributed by atoms with Gasteiger partial charge >= 0.3 is 0 Å². The van der Waals surface area contributed by atoms with E-state index in [1.807, 2.05) is 79.2 Å². The van der Waals surface area contributed by atoms with Gasteiger partial charge in [0.2, 0.25) is 0 Å². The van der Waals surface area contributed by atoms with Gasteiger partial charge in [-0.1, -0.05) is 30.3 Å². The van der Waals surface area contributed by atoms with Crippen molar-refractivity contribution in [2.24, 2.45) is 0 Å². The monoisotopic (exact) mass is 371 g/mol. The van der Waals surface area contributed by atoms with Gasteiger partial charge in [0.15, 0.2) is 0 Å². The van der Waals surface area contributed by atoms with Gasteiger partial charge < -0.3 is 10.1 Å². The number of nitrogens with one attached hydrogen (secondary N) is 1. The van der Waals surface area contributed by atoms with E-state index in [4.69, 9.17) is 4.74 Å². The highest BCUT2D eigenvalue weighted by molar-refractivity contribution is 6.14. The fraction of sp³-hybridized carbons (Fsp3) is 0.130. The molecule has 5 nitrogen and oxygen atoms in total. The summed E-state index contributed by atoms with van der Waals surface area (Å²) < 4.78 is 7.29. The molecule has 0 aliphatic rings. The molecule has 4 aromatic rings. The smallest absolute Gasteiger partial charge is 0.256 e. The quantitative estimate of drug-likeness (QED) is 0.555. The molecule has 5 heteroatoms. The van der Waals surface area contributed by atoms with Gasteiger partial charge in [-0.2, -0.15) is 5.10 Å². The molecule has 0 spiro atoms. The summed E-state index contributed by atoms with van der Waals surface area (Å²) in [5.74, 6) is 0.586. The van der Waals surface area contributed by atoms with Gasteiger partial charge in [-0.15, -0.1) is 0 Å². The number of fused-ring (bicyclic) bond motifs is 1. The number of carbonyl (C=O) groups is 1. The Kier molecular flexibility index (Phi) is 4.57. The minimum atomic E-state index is -0.163. The van der Waals surface area contributed by atoms with Crippen LogP contribution < -0.4 is 10.1 Å². The Bertz CT molecular complexity index is 1180. The van der Waals surface area contributed by atoms with E-state index in [0.717, 1.165) is 39.3 Å². The van der Waals surface area contributed by atoms with Crippen LogP contribution in [0.15, 0.2) is 66.7 Å². The third kappa shape index (κ3) is 3.22. The van der Waals surface area contributed by atoms with E-state index in [2.05, 4.69) is 10.4 Å². The Morgan fingerprint density at radius 2 is 1.75 bits per heavy atom. The van der Waals surface area contributed by atoms with E-state index in [-0.39, 0.29) is 5.91 Å². The molecule has 28 heavy (non-hydrogen) atoms. The predicted molar refractivity (Wildman–Crippen MR) is 111 cm³/mol. The first-order chi connectivity index (χ1) is 13.6. The number of aryl methyl sites for hydroxylation is 2. The molecule has 0 radical (unpaired) electrons. The van der Waals surface area contributed by atoms with Crippen LogP contribution in [0.3, 0.4) is 0 Å². The van der Waals surface area contributed by atoms with Crippen LogP contribution in [0.5, 0.6) is 5.75 Å². The SMILES string of the molecule is COc1ccc(C(=O)Nc2cccc(-n3nc(C)cc3C)c2)c2ccccc12. The van der Waals surface area contributed by atoms with Crippen LogP contribution in [0.25, 0.3) is 16.5 Å². The third-order valence-electron chi connectivity index (χ3n) is 4.71. The van der Waals surface area contributed by atoms with Crippen LogP contribution in [0.2, 0.25) is 0 Å². The fourth-order valence-corrected chi connectivity index (χ4v) is 3.45. The topological polar surface area (TPSA) is 56.1 Å². The molecule has 140 valence electrons. The summed E-state index contributed by atoms with van der Waals surface area (Å²) in [7, 11) is 1.63. The van der Waals surface area contributed by atoms with Crippen molar-refractivity contribution in [2.45, 2.75) is 13.8 Å². The molecule has 1 heterocycles. The molecule has 1 amide bonds. The highest BCUT2D eigenvalue weighted by Gasteiger charge is 2.13. The summed E-state index contributed by atoms with van der Waals surface area (Å²) in [5.41, 5.74) is 4.23. The molecule has 3 aromatic carbocycles. The van der Waals surface area contributed by atoms with Crippen molar-refractivity contribution >= 4 is 22.4 Å². The zero-order chi connectivity index (χ0) is 19.7. The van der Waals surface area contributed by atoms with Crippen molar-refractivity contribution in [1.82, 2.24) is 9.78 Å². The molecule has 1 aromatic heterocycles. The highest BCUT2D eigenvalue weighted by atomic mass is 16.5. The summed E-state index contributed by atoms with van der Waals surface area (Å²) in [4.78, 5) is 13.0. The van der Waals surface area contributed by atoms with Crippen molar-refractivity contribution in [1.29, 1.82) is 0 Å². The minimum absolute atomic E-state index is 0.163. The number of benzene rings is 3.